The molecule has 1 aromatic rings. The maximum atomic E-state index is 12.3. The van der Waals surface area contributed by atoms with Crippen molar-refractivity contribution in [3.8, 4) is 0 Å². The van der Waals surface area contributed by atoms with Crippen LogP contribution < -0.4 is 0 Å². The molecular formula is C8H9BrF2N2S. The first-order valence-corrected chi connectivity index (χ1v) is 5.81. The number of rotatable bonds is 5. The average molecular weight is 283 g/mol. The first kappa shape index (κ1) is 11.8. The summed E-state index contributed by atoms with van der Waals surface area (Å²) in [6.45, 7) is 0. The van der Waals surface area contributed by atoms with E-state index in [9.17, 15) is 8.78 Å². The Labute approximate surface area is 93.7 Å². The van der Waals surface area contributed by atoms with E-state index in [1.54, 1.807) is 12.3 Å². The molecule has 0 aromatic carbocycles. The maximum Gasteiger partial charge on any atom is 0.301 e. The van der Waals surface area contributed by atoms with E-state index < -0.39 is 4.83 Å². The zero-order valence-corrected chi connectivity index (χ0v) is 9.69. The van der Waals surface area contributed by atoms with Crippen LogP contribution in [0.1, 0.15) is 12.8 Å². The van der Waals surface area contributed by atoms with Crippen molar-refractivity contribution in [1.82, 2.24) is 9.97 Å². The molecule has 0 N–H and O–H groups in total. The van der Waals surface area contributed by atoms with Gasteiger partial charge in [0.15, 0.2) is 0 Å². The lowest BCUT2D eigenvalue weighted by Gasteiger charge is -2.06. The summed E-state index contributed by atoms with van der Waals surface area (Å²) < 4.78 is 24.7. The number of halogens is 3. The number of aromatic nitrogens is 2. The summed E-state index contributed by atoms with van der Waals surface area (Å²) in [5, 5.41) is 0.817. The quantitative estimate of drug-likeness (QED) is 0.359. The van der Waals surface area contributed by atoms with Crippen molar-refractivity contribution in [2.75, 3.05) is 5.75 Å². The van der Waals surface area contributed by atoms with Crippen molar-refractivity contribution in [2.24, 2.45) is 0 Å². The van der Waals surface area contributed by atoms with E-state index in [1.807, 2.05) is 0 Å². The van der Waals surface area contributed by atoms with Gasteiger partial charge in [0.05, 0.1) is 5.03 Å². The van der Waals surface area contributed by atoms with Gasteiger partial charge < -0.3 is 0 Å². The number of hydrogen-bond donors (Lipinski definition) is 0. The highest BCUT2D eigenvalue weighted by atomic mass is 79.9. The van der Waals surface area contributed by atoms with Crippen molar-refractivity contribution in [2.45, 2.75) is 22.7 Å². The Morgan fingerprint density at radius 1 is 1.50 bits per heavy atom. The van der Waals surface area contributed by atoms with Gasteiger partial charge in [0.2, 0.25) is 0 Å². The maximum absolute atomic E-state index is 12.3. The lowest BCUT2D eigenvalue weighted by Crippen LogP contribution is -2.04. The van der Waals surface area contributed by atoms with Crippen LogP contribution in [0.4, 0.5) is 8.78 Å². The summed E-state index contributed by atoms with van der Waals surface area (Å²) in [5.74, 6) is 0.637. The Kier molecular flexibility index (Phi) is 4.74. The number of hydrogen-bond acceptors (Lipinski definition) is 3. The van der Waals surface area contributed by atoms with Crippen LogP contribution in [0.25, 0.3) is 0 Å². The van der Waals surface area contributed by atoms with Crippen LogP contribution in [0.3, 0.4) is 0 Å². The molecule has 0 amide bonds. The zero-order chi connectivity index (χ0) is 10.4. The third-order valence-electron chi connectivity index (χ3n) is 1.41. The van der Waals surface area contributed by atoms with Gasteiger partial charge in [-0.15, -0.1) is 11.8 Å². The fourth-order valence-corrected chi connectivity index (χ4v) is 1.87. The topological polar surface area (TPSA) is 25.8 Å². The third-order valence-corrected chi connectivity index (χ3v) is 2.84. The molecule has 0 bridgehead atoms. The first-order valence-electron chi connectivity index (χ1n) is 4.03. The summed E-state index contributed by atoms with van der Waals surface area (Å²) in [6, 6.07) is 1.76. The highest BCUT2D eigenvalue weighted by Gasteiger charge is 2.22. The molecule has 0 fully saturated rings. The normalized spacial score (nSPS) is 11.6. The highest BCUT2D eigenvalue weighted by Crippen LogP contribution is 2.28. The van der Waals surface area contributed by atoms with E-state index in [0.29, 0.717) is 12.2 Å². The van der Waals surface area contributed by atoms with Gasteiger partial charge in [0, 0.05) is 12.6 Å². The second kappa shape index (κ2) is 5.60. The Morgan fingerprint density at radius 3 is 2.86 bits per heavy atom. The minimum absolute atomic E-state index is 0.148. The van der Waals surface area contributed by atoms with Gasteiger partial charge in [-0.3, -0.25) is 0 Å². The Morgan fingerprint density at radius 2 is 2.29 bits per heavy atom. The van der Waals surface area contributed by atoms with E-state index in [-0.39, 0.29) is 6.42 Å². The molecule has 0 saturated carbocycles. The molecule has 0 spiro atoms. The van der Waals surface area contributed by atoms with Crippen molar-refractivity contribution >= 4 is 27.7 Å². The van der Waals surface area contributed by atoms with Crippen LogP contribution in [-0.2, 0) is 0 Å². The molecule has 14 heavy (non-hydrogen) atoms. The molecule has 1 aromatic heterocycles. The molecule has 1 heterocycles. The minimum Gasteiger partial charge on any atom is -0.245 e. The first-order chi connectivity index (χ1) is 6.58. The van der Waals surface area contributed by atoms with Crippen molar-refractivity contribution < 1.29 is 8.78 Å². The second-order valence-corrected chi connectivity index (χ2v) is 4.89. The van der Waals surface area contributed by atoms with Gasteiger partial charge in [-0.05, 0) is 34.2 Å². The molecule has 6 heteroatoms. The summed E-state index contributed by atoms with van der Waals surface area (Å²) in [4.78, 5) is 4.99. The van der Waals surface area contributed by atoms with Gasteiger partial charge in [-0.2, -0.15) is 8.78 Å². The molecule has 0 aliphatic carbocycles. The molecule has 2 nitrogen and oxygen atoms in total. The summed E-state index contributed by atoms with van der Waals surface area (Å²) in [7, 11) is 0. The molecule has 0 atom stereocenters. The van der Waals surface area contributed by atoms with E-state index in [1.165, 1.54) is 18.1 Å². The molecule has 0 aliphatic heterocycles. The van der Waals surface area contributed by atoms with Gasteiger partial charge in [-0.1, -0.05) is 0 Å². The van der Waals surface area contributed by atoms with Crippen molar-refractivity contribution in [1.29, 1.82) is 0 Å². The van der Waals surface area contributed by atoms with Crippen LogP contribution >= 0.6 is 27.7 Å². The van der Waals surface area contributed by atoms with Gasteiger partial charge in [0.25, 0.3) is 0 Å². The highest BCUT2D eigenvalue weighted by molar-refractivity contribution is 9.09. The fourth-order valence-electron chi connectivity index (χ4n) is 0.813. The SMILES string of the molecule is FC(F)(Br)CCCSc1ccncn1. The van der Waals surface area contributed by atoms with Crippen LogP contribution in [0, 0.1) is 0 Å². The third kappa shape index (κ3) is 5.49. The fraction of sp³-hybridized carbons (Fsp3) is 0.500. The largest absolute Gasteiger partial charge is 0.301 e. The van der Waals surface area contributed by atoms with Crippen molar-refractivity contribution in [3.63, 3.8) is 0 Å². The summed E-state index contributed by atoms with van der Waals surface area (Å²) in [6.07, 6.45) is 3.38. The number of thioether (sulfide) groups is 1. The lowest BCUT2D eigenvalue weighted by atomic mass is 10.3. The van der Waals surface area contributed by atoms with Crippen LogP contribution in [0.15, 0.2) is 23.6 Å². The molecule has 0 saturated heterocycles. The smallest absolute Gasteiger partial charge is 0.245 e. The Hall–Kier alpha value is -0.230. The predicted octanol–water partition coefficient (Wildman–Crippen LogP) is 3.34. The van der Waals surface area contributed by atoms with E-state index in [0.717, 1.165) is 5.03 Å². The van der Waals surface area contributed by atoms with Crippen LogP contribution in [-0.4, -0.2) is 20.6 Å². The van der Waals surface area contributed by atoms with Crippen LogP contribution in [0.2, 0.25) is 0 Å². The van der Waals surface area contributed by atoms with E-state index in [2.05, 4.69) is 25.9 Å². The molecule has 0 unspecified atom stereocenters. The molecule has 0 aliphatic rings. The molecular weight excluding hydrogens is 274 g/mol. The van der Waals surface area contributed by atoms with E-state index >= 15 is 0 Å². The van der Waals surface area contributed by atoms with Crippen LogP contribution in [0.5, 0.6) is 0 Å². The standard InChI is InChI=1S/C8H9BrF2N2S/c9-8(10,11)3-1-5-14-7-2-4-12-6-13-7/h2,4,6H,1,3,5H2. The zero-order valence-electron chi connectivity index (χ0n) is 7.29. The molecule has 0 radical (unpaired) electrons. The number of nitrogens with zero attached hydrogens (tertiary/aromatic N) is 2. The monoisotopic (exact) mass is 282 g/mol. The van der Waals surface area contributed by atoms with E-state index in [4.69, 9.17) is 0 Å². The van der Waals surface area contributed by atoms with Gasteiger partial charge in [0.1, 0.15) is 6.33 Å². The molecule has 78 valence electrons. The number of alkyl halides is 3. The van der Waals surface area contributed by atoms with Gasteiger partial charge >= 0.3 is 4.83 Å². The summed E-state index contributed by atoms with van der Waals surface area (Å²) in [5.41, 5.74) is 0. The second-order valence-electron chi connectivity index (χ2n) is 2.61. The average Bonchev–Trinajstić information content (AvgIpc) is 2.13. The summed E-state index contributed by atoms with van der Waals surface area (Å²) >= 11 is 3.75. The minimum atomic E-state index is -2.74. The lowest BCUT2D eigenvalue weighted by molar-refractivity contribution is 0.104. The van der Waals surface area contributed by atoms with Gasteiger partial charge in [-0.25, -0.2) is 9.97 Å². The van der Waals surface area contributed by atoms with Crippen molar-refractivity contribution in [3.05, 3.63) is 18.6 Å². The Bertz CT molecular complexity index is 266. The Balaban J connectivity index is 2.17. The molecule has 1 rings (SSSR count). The predicted molar refractivity (Wildman–Crippen MR) is 55.9 cm³/mol.